The van der Waals surface area contributed by atoms with Gasteiger partial charge < -0.3 is 29.5 Å². The van der Waals surface area contributed by atoms with Crippen LogP contribution in [0.1, 0.15) is 56.4 Å². The Kier molecular flexibility index (Phi) is 4.95. The molecule has 0 saturated carbocycles. The first-order chi connectivity index (χ1) is 15.9. The Balaban J connectivity index is 1.47. The van der Waals surface area contributed by atoms with E-state index < -0.39 is 5.97 Å². The second kappa shape index (κ2) is 7.53. The van der Waals surface area contributed by atoms with Crippen molar-refractivity contribution in [1.29, 1.82) is 0 Å². The normalized spacial score (nSPS) is 23.5. The topological polar surface area (TPSA) is 109 Å². The molecule has 0 bridgehead atoms. The summed E-state index contributed by atoms with van der Waals surface area (Å²) in [5, 5.41) is 31.6. The fraction of sp³-hybridized carbons (Fsp3) is 0.370. The molecular weight excluding hydrogens is 436 g/mol. The van der Waals surface area contributed by atoms with Crippen molar-refractivity contribution in [3.63, 3.8) is 0 Å². The van der Waals surface area contributed by atoms with Gasteiger partial charge in [0.25, 0.3) is 0 Å². The van der Waals surface area contributed by atoms with Crippen molar-refractivity contribution in [1.82, 2.24) is 0 Å². The Morgan fingerprint density at radius 2 is 1.79 bits per heavy atom. The highest BCUT2D eigenvalue weighted by atomic mass is 16.6. The monoisotopic (exact) mass is 464 g/mol. The summed E-state index contributed by atoms with van der Waals surface area (Å²) in [7, 11) is 0. The van der Waals surface area contributed by atoms with Gasteiger partial charge in [0.05, 0.1) is 11.7 Å². The van der Waals surface area contributed by atoms with Crippen LogP contribution in [0.25, 0.3) is 11.6 Å². The number of carbonyl (C=O) groups excluding carboxylic acids is 1. The van der Waals surface area contributed by atoms with E-state index in [1.165, 1.54) is 12.1 Å². The van der Waals surface area contributed by atoms with Crippen molar-refractivity contribution in [2.24, 2.45) is 0 Å². The summed E-state index contributed by atoms with van der Waals surface area (Å²) >= 11 is 0. The molecular formula is C27H28O7. The molecule has 178 valence electrons. The summed E-state index contributed by atoms with van der Waals surface area (Å²) in [5.41, 5.74) is 1.86. The lowest BCUT2D eigenvalue weighted by molar-refractivity contribution is -0.131. The molecule has 34 heavy (non-hydrogen) atoms. The van der Waals surface area contributed by atoms with Crippen LogP contribution in [0, 0.1) is 0 Å². The van der Waals surface area contributed by atoms with Gasteiger partial charge in [-0.05, 0) is 81.5 Å². The van der Waals surface area contributed by atoms with Gasteiger partial charge in [0, 0.05) is 18.1 Å². The lowest BCUT2D eigenvalue weighted by atomic mass is 9.93. The number of aliphatic hydroxyl groups excluding tert-OH is 1. The van der Waals surface area contributed by atoms with E-state index in [0.29, 0.717) is 28.9 Å². The summed E-state index contributed by atoms with van der Waals surface area (Å²) in [6, 6.07) is 8.05. The zero-order chi connectivity index (χ0) is 24.4. The third-order valence-corrected chi connectivity index (χ3v) is 6.69. The highest BCUT2D eigenvalue weighted by Gasteiger charge is 2.47. The van der Waals surface area contributed by atoms with Crippen LogP contribution in [0.15, 0.2) is 41.9 Å². The molecule has 3 aliphatic rings. The average Bonchev–Trinajstić information content (AvgIpc) is 3.24. The Hall–Kier alpha value is -3.45. The molecule has 7 heteroatoms. The number of phenolic OH excluding ortho intramolecular Hbond substituents is 2. The Morgan fingerprint density at radius 1 is 1.06 bits per heavy atom. The number of fused-ring (bicyclic) bond motifs is 1. The van der Waals surface area contributed by atoms with Gasteiger partial charge in [0.15, 0.2) is 11.5 Å². The molecule has 0 unspecified atom stereocenters. The van der Waals surface area contributed by atoms with Crippen molar-refractivity contribution < 1.29 is 34.3 Å². The van der Waals surface area contributed by atoms with E-state index in [-0.39, 0.29) is 45.9 Å². The number of hydrogen-bond acceptors (Lipinski definition) is 7. The summed E-state index contributed by atoms with van der Waals surface area (Å²) in [6.07, 6.45) is 3.52. The van der Waals surface area contributed by atoms with Gasteiger partial charge in [-0.3, -0.25) is 0 Å². The van der Waals surface area contributed by atoms with Gasteiger partial charge in [0.2, 0.25) is 0 Å². The molecule has 3 heterocycles. The Labute approximate surface area is 197 Å². The van der Waals surface area contributed by atoms with Gasteiger partial charge in [-0.15, -0.1) is 0 Å². The van der Waals surface area contributed by atoms with E-state index in [2.05, 4.69) is 0 Å². The number of cyclic esters (lactones) is 1. The highest BCUT2D eigenvalue weighted by Crippen LogP contribution is 2.42. The lowest BCUT2D eigenvalue weighted by Gasteiger charge is -2.32. The molecule has 3 aliphatic heterocycles. The number of aryl methyl sites for hydroxylation is 1. The molecule has 7 nitrogen and oxygen atoms in total. The van der Waals surface area contributed by atoms with Crippen LogP contribution < -0.4 is 4.74 Å². The number of esters is 1. The van der Waals surface area contributed by atoms with Crippen molar-refractivity contribution in [3.05, 3.63) is 64.1 Å². The number of aromatic hydroxyl groups is 2. The summed E-state index contributed by atoms with van der Waals surface area (Å²) < 4.78 is 16.9. The molecule has 0 aliphatic carbocycles. The first-order valence-electron chi connectivity index (χ1n) is 11.4. The van der Waals surface area contributed by atoms with Gasteiger partial charge in [0.1, 0.15) is 28.4 Å². The average molecular weight is 465 g/mol. The van der Waals surface area contributed by atoms with Crippen LogP contribution in [-0.2, 0) is 27.1 Å². The minimum Gasteiger partial charge on any atom is -0.508 e. The van der Waals surface area contributed by atoms with Gasteiger partial charge >= 0.3 is 5.97 Å². The quantitative estimate of drug-likeness (QED) is 0.441. The van der Waals surface area contributed by atoms with Crippen LogP contribution in [0.3, 0.4) is 0 Å². The van der Waals surface area contributed by atoms with Gasteiger partial charge in [-0.1, -0.05) is 6.07 Å². The number of ether oxygens (including phenoxy) is 3. The minimum atomic E-state index is -0.703. The van der Waals surface area contributed by atoms with Crippen LogP contribution >= 0.6 is 0 Å². The molecule has 1 atom stereocenters. The molecule has 2 aromatic carbocycles. The molecule has 5 rings (SSSR count). The molecule has 3 N–H and O–H groups in total. The third-order valence-electron chi connectivity index (χ3n) is 6.69. The largest absolute Gasteiger partial charge is 0.508 e. The summed E-state index contributed by atoms with van der Waals surface area (Å²) in [5.74, 6) is -0.389. The van der Waals surface area contributed by atoms with Gasteiger partial charge in [-0.2, -0.15) is 0 Å². The zero-order valence-corrected chi connectivity index (χ0v) is 19.6. The number of rotatable bonds is 4. The maximum Gasteiger partial charge on any atom is 0.348 e. The van der Waals surface area contributed by atoms with Crippen LogP contribution in [0.4, 0.5) is 0 Å². The molecule has 0 aromatic heterocycles. The Morgan fingerprint density at radius 3 is 2.50 bits per heavy atom. The predicted octanol–water partition coefficient (Wildman–Crippen LogP) is 4.79. The lowest BCUT2D eigenvalue weighted by Crippen LogP contribution is -2.32. The molecule has 0 spiro atoms. The van der Waals surface area contributed by atoms with Crippen molar-refractivity contribution in [3.8, 4) is 17.2 Å². The maximum absolute atomic E-state index is 12.7. The number of phenols is 2. The second-order valence-electron chi connectivity index (χ2n) is 10.3. The molecule has 2 aromatic rings. The summed E-state index contributed by atoms with van der Waals surface area (Å²) in [6.45, 7) is 7.94. The molecule has 1 fully saturated rings. The number of carbonyl (C=O) groups is 1. The Bertz CT molecular complexity index is 1270. The van der Waals surface area contributed by atoms with E-state index in [0.717, 1.165) is 18.4 Å². The third kappa shape index (κ3) is 4.01. The summed E-state index contributed by atoms with van der Waals surface area (Å²) in [4.78, 5) is 12.7. The van der Waals surface area contributed by atoms with Crippen molar-refractivity contribution >= 4 is 17.6 Å². The van der Waals surface area contributed by atoms with Gasteiger partial charge in [-0.25, -0.2) is 4.79 Å². The number of benzene rings is 2. The van der Waals surface area contributed by atoms with E-state index in [1.54, 1.807) is 24.3 Å². The SMILES string of the molecule is CC1(C)CCc2cc(/C=C3\OC(=O)C(c4ccc(O)c(C[C@H]5OC5(C)C)c4)=C3O)c(O)cc2O1. The van der Waals surface area contributed by atoms with E-state index in [1.807, 2.05) is 27.7 Å². The van der Waals surface area contributed by atoms with Crippen LogP contribution in [0.5, 0.6) is 17.2 Å². The molecule has 0 radical (unpaired) electrons. The zero-order valence-electron chi connectivity index (χ0n) is 19.6. The van der Waals surface area contributed by atoms with Crippen molar-refractivity contribution in [2.45, 2.75) is 64.3 Å². The number of epoxide rings is 1. The molecule has 0 amide bonds. The van der Waals surface area contributed by atoms with Crippen LogP contribution in [0.2, 0.25) is 0 Å². The van der Waals surface area contributed by atoms with E-state index in [4.69, 9.17) is 14.2 Å². The molecule has 1 saturated heterocycles. The predicted molar refractivity (Wildman–Crippen MR) is 126 cm³/mol. The fourth-order valence-electron chi connectivity index (χ4n) is 4.46. The standard InChI is InChI=1S/C27H28O7/c1-26(2)8-7-14-9-16(19(29)13-20(14)33-26)11-21-24(30)23(25(31)32-21)15-5-6-18(28)17(10-15)12-22-27(3,4)34-22/h5-6,9-11,13,22,28-30H,7-8,12H2,1-4H3/b21-11-/t22-/m1/s1. The van der Waals surface area contributed by atoms with Crippen molar-refractivity contribution in [2.75, 3.05) is 0 Å². The number of hydrogen-bond donors (Lipinski definition) is 3. The number of aliphatic hydroxyl groups is 1. The van der Waals surface area contributed by atoms with Crippen LogP contribution in [-0.4, -0.2) is 38.6 Å². The smallest absolute Gasteiger partial charge is 0.348 e. The minimum absolute atomic E-state index is 0.00556. The van der Waals surface area contributed by atoms with E-state index >= 15 is 0 Å². The van der Waals surface area contributed by atoms with E-state index in [9.17, 15) is 20.1 Å². The first-order valence-corrected chi connectivity index (χ1v) is 11.4. The first kappa shape index (κ1) is 22.3. The second-order valence-corrected chi connectivity index (χ2v) is 10.3. The maximum atomic E-state index is 12.7. The fourth-order valence-corrected chi connectivity index (χ4v) is 4.46. The highest BCUT2D eigenvalue weighted by molar-refractivity contribution is 6.21.